The second-order valence-corrected chi connectivity index (χ2v) is 4.37. The fraction of sp³-hybridized carbons (Fsp3) is 0.286. The molecule has 3 heteroatoms. The summed E-state index contributed by atoms with van der Waals surface area (Å²) < 4.78 is 0. The summed E-state index contributed by atoms with van der Waals surface area (Å²) in [5, 5.41) is 3.29. The number of hydroxylamine groups is 1. The van der Waals surface area contributed by atoms with Crippen molar-refractivity contribution in [2.24, 2.45) is 0 Å². The summed E-state index contributed by atoms with van der Waals surface area (Å²) in [4.78, 5) is 5.59. The van der Waals surface area contributed by atoms with E-state index in [1.54, 1.807) is 0 Å². The van der Waals surface area contributed by atoms with Crippen LogP contribution < -0.4 is 10.8 Å². The van der Waals surface area contributed by atoms with Gasteiger partial charge in [-0.3, -0.25) is 10.3 Å². The summed E-state index contributed by atoms with van der Waals surface area (Å²) in [6.07, 6.45) is 3.08. The Morgan fingerprint density at radius 2 is 2.06 bits per heavy atom. The van der Waals surface area contributed by atoms with Crippen LogP contribution in [0.25, 0.3) is 0 Å². The van der Waals surface area contributed by atoms with Crippen molar-refractivity contribution in [3.63, 3.8) is 0 Å². The lowest BCUT2D eigenvalue weighted by Gasteiger charge is -2.16. The highest BCUT2D eigenvalue weighted by molar-refractivity contribution is 5.41. The quantitative estimate of drug-likeness (QED) is 0.652. The molecule has 0 bridgehead atoms. The Labute approximate surface area is 101 Å². The fourth-order valence-electron chi connectivity index (χ4n) is 2.10. The van der Waals surface area contributed by atoms with Crippen molar-refractivity contribution in [1.29, 1.82) is 0 Å². The van der Waals surface area contributed by atoms with Crippen LogP contribution in [0.15, 0.2) is 42.1 Å². The molecular formula is C14H14N2O. The minimum absolute atomic E-state index is 0.180. The molecule has 1 saturated heterocycles. The molecule has 2 aliphatic rings. The molecule has 0 radical (unpaired) electrons. The normalized spacial score (nSPS) is 26.2. The first kappa shape index (κ1) is 10.4. The molecule has 1 atom stereocenters. The van der Waals surface area contributed by atoms with E-state index in [9.17, 15) is 0 Å². The zero-order valence-electron chi connectivity index (χ0n) is 9.49. The third-order valence-corrected chi connectivity index (χ3v) is 3.04. The van der Waals surface area contributed by atoms with Crippen LogP contribution in [-0.4, -0.2) is 18.7 Å². The first-order valence-electron chi connectivity index (χ1n) is 5.81. The van der Waals surface area contributed by atoms with E-state index in [1.807, 2.05) is 30.3 Å². The molecule has 2 N–H and O–H groups in total. The van der Waals surface area contributed by atoms with Gasteiger partial charge in [-0.25, -0.2) is 0 Å². The third kappa shape index (κ3) is 2.19. The van der Waals surface area contributed by atoms with Crippen molar-refractivity contribution >= 4 is 0 Å². The molecule has 3 rings (SSSR count). The predicted molar refractivity (Wildman–Crippen MR) is 65.8 cm³/mol. The van der Waals surface area contributed by atoms with Crippen LogP contribution in [0.1, 0.15) is 12.0 Å². The molecule has 2 aliphatic heterocycles. The Kier molecular flexibility index (Phi) is 2.60. The molecule has 1 aromatic rings. The summed E-state index contributed by atoms with van der Waals surface area (Å²) >= 11 is 0. The van der Waals surface area contributed by atoms with Crippen LogP contribution in [0.2, 0.25) is 0 Å². The summed E-state index contributed by atoms with van der Waals surface area (Å²) in [5.74, 6) is 6.21. The average molecular weight is 226 g/mol. The monoisotopic (exact) mass is 226 g/mol. The maximum Gasteiger partial charge on any atom is 0.131 e. The van der Waals surface area contributed by atoms with E-state index in [4.69, 9.17) is 4.84 Å². The van der Waals surface area contributed by atoms with Gasteiger partial charge in [0, 0.05) is 12.1 Å². The highest BCUT2D eigenvalue weighted by atomic mass is 16.7. The number of nitrogens with one attached hydrogen (secondary N) is 2. The first-order chi connectivity index (χ1) is 8.36. The van der Waals surface area contributed by atoms with Crippen LogP contribution in [0, 0.1) is 11.8 Å². The molecule has 0 saturated carbocycles. The molecule has 86 valence electrons. The van der Waals surface area contributed by atoms with Gasteiger partial charge in [0.2, 0.25) is 0 Å². The van der Waals surface area contributed by atoms with Crippen LogP contribution >= 0.6 is 0 Å². The molecule has 1 fully saturated rings. The van der Waals surface area contributed by atoms with Gasteiger partial charge in [0.1, 0.15) is 11.3 Å². The van der Waals surface area contributed by atoms with Gasteiger partial charge in [-0.05, 0) is 37.1 Å². The molecular weight excluding hydrogens is 212 g/mol. The zero-order chi connectivity index (χ0) is 11.6. The van der Waals surface area contributed by atoms with Crippen LogP contribution in [-0.2, 0) is 4.84 Å². The van der Waals surface area contributed by atoms with E-state index in [2.05, 4.69) is 28.7 Å². The van der Waals surface area contributed by atoms with Crippen molar-refractivity contribution in [1.82, 2.24) is 10.8 Å². The highest BCUT2D eigenvalue weighted by Gasteiger charge is 2.37. The summed E-state index contributed by atoms with van der Waals surface area (Å²) in [6, 6.07) is 9.95. The summed E-state index contributed by atoms with van der Waals surface area (Å²) in [5.41, 5.74) is 4.60. The predicted octanol–water partition coefficient (Wildman–Crippen LogP) is 1.19. The molecule has 1 unspecified atom stereocenters. The molecule has 2 heterocycles. The average Bonchev–Trinajstić information content (AvgIpc) is 2.99. The molecule has 17 heavy (non-hydrogen) atoms. The number of allylic oxidation sites excluding steroid dienone is 1. The number of hydrogen-bond donors (Lipinski definition) is 2. The van der Waals surface area contributed by atoms with Gasteiger partial charge >= 0.3 is 0 Å². The summed E-state index contributed by atoms with van der Waals surface area (Å²) in [7, 11) is 0. The lowest BCUT2D eigenvalue weighted by Crippen LogP contribution is -2.31. The first-order valence-corrected chi connectivity index (χ1v) is 5.81. The molecule has 0 aliphatic carbocycles. The smallest absolute Gasteiger partial charge is 0.131 e. The van der Waals surface area contributed by atoms with Crippen LogP contribution in [0.5, 0.6) is 0 Å². The lowest BCUT2D eigenvalue weighted by atomic mass is 10.0. The largest absolute Gasteiger partial charge is 0.313 e. The minimum Gasteiger partial charge on any atom is -0.313 e. The Bertz CT molecular complexity index is 490. The Morgan fingerprint density at radius 3 is 2.82 bits per heavy atom. The van der Waals surface area contributed by atoms with Gasteiger partial charge in [-0.2, -0.15) is 0 Å². The number of hydrogen-bond acceptors (Lipinski definition) is 3. The standard InChI is InChI=1S/C14H14N2O/c1-2-4-12(5-3-1)6-7-13-10-14(17-16-13)8-9-15-11-14/h1-5,10,15-16H,8-9,11H2. The topological polar surface area (TPSA) is 33.3 Å². The van der Waals surface area contributed by atoms with Gasteiger partial charge in [0.25, 0.3) is 0 Å². The maximum atomic E-state index is 5.59. The SMILES string of the molecule is C(#Cc1ccccc1)C1=CC2(CCNC2)ON1. The number of rotatable bonds is 0. The molecule has 1 aromatic carbocycles. The highest BCUT2D eigenvalue weighted by Crippen LogP contribution is 2.26. The van der Waals surface area contributed by atoms with Gasteiger partial charge in [0.05, 0.1) is 0 Å². The minimum atomic E-state index is -0.180. The van der Waals surface area contributed by atoms with Gasteiger partial charge in [-0.1, -0.05) is 24.1 Å². The van der Waals surface area contributed by atoms with Gasteiger partial charge < -0.3 is 5.32 Å². The molecule has 3 nitrogen and oxygen atoms in total. The van der Waals surface area contributed by atoms with Crippen molar-refractivity contribution < 1.29 is 4.84 Å². The second-order valence-electron chi connectivity index (χ2n) is 4.37. The Morgan fingerprint density at radius 1 is 1.18 bits per heavy atom. The van der Waals surface area contributed by atoms with E-state index in [1.165, 1.54) is 0 Å². The molecule has 0 aromatic heterocycles. The fourth-order valence-corrected chi connectivity index (χ4v) is 2.10. The van der Waals surface area contributed by atoms with E-state index < -0.39 is 0 Å². The Balaban J connectivity index is 1.77. The summed E-state index contributed by atoms with van der Waals surface area (Å²) in [6.45, 7) is 1.86. The van der Waals surface area contributed by atoms with E-state index in [-0.39, 0.29) is 5.60 Å². The number of benzene rings is 1. The molecule has 1 spiro atoms. The van der Waals surface area contributed by atoms with Crippen molar-refractivity contribution in [2.45, 2.75) is 12.0 Å². The Hall–Kier alpha value is -1.76. The lowest BCUT2D eigenvalue weighted by molar-refractivity contribution is -0.0250. The van der Waals surface area contributed by atoms with Gasteiger partial charge in [-0.15, -0.1) is 0 Å². The zero-order valence-corrected chi connectivity index (χ0v) is 9.49. The van der Waals surface area contributed by atoms with Crippen molar-refractivity contribution in [2.75, 3.05) is 13.1 Å². The van der Waals surface area contributed by atoms with Crippen LogP contribution in [0.4, 0.5) is 0 Å². The van der Waals surface area contributed by atoms with Crippen LogP contribution in [0.3, 0.4) is 0 Å². The van der Waals surface area contributed by atoms with Crippen molar-refractivity contribution in [3.8, 4) is 11.8 Å². The van der Waals surface area contributed by atoms with E-state index >= 15 is 0 Å². The van der Waals surface area contributed by atoms with E-state index in [0.717, 1.165) is 30.8 Å². The van der Waals surface area contributed by atoms with Gasteiger partial charge in [0.15, 0.2) is 0 Å². The van der Waals surface area contributed by atoms with E-state index in [0.29, 0.717) is 0 Å². The molecule has 0 amide bonds. The second kappa shape index (κ2) is 4.25. The third-order valence-electron chi connectivity index (χ3n) is 3.04. The van der Waals surface area contributed by atoms with Crippen molar-refractivity contribution in [3.05, 3.63) is 47.7 Å². The maximum absolute atomic E-state index is 5.59.